The second kappa shape index (κ2) is 6.42. The Kier molecular flexibility index (Phi) is 4.71. The van der Waals surface area contributed by atoms with E-state index in [2.05, 4.69) is 0 Å². The van der Waals surface area contributed by atoms with Gasteiger partial charge in [-0.2, -0.15) is 13.2 Å². The van der Waals surface area contributed by atoms with Crippen LogP contribution in [0.25, 0.3) is 0 Å². The van der Waals surface area contributed by atoms with Gasteiger partial charge < -0.3 is 9.64 Å². The molecule has 1 aliphatic rings. The Labute approximate surface area is 131 Å². The van der Waals surface area contributed by atoms with Crippen molar-refractivity contribution in [3.05, 3.63) is 34.1 Å². The van der Waals surface area contributed by atoms with Gasteiger partial charge in [0.2, 0.25) is 11.7 Å². The molecule has 1 atom stereocenters. The van der Waals surface area contributed by atoms with E-state index in [1.165, 1.54) is 0 Å². The summed E-state index contributed by atoms with van der Waals surface area (Å²) in [6.07, 6.45) is -5.13. The fourth-order valence-corrected chi connectivity index (χ4v) is 2.21. The Bertz CT molecular complexity index is 691. The number of alkyl halides is 3. The third-order valence-electron chi connectivity index (χ3n) is 3.25. The third-order valence-corrected chi connectivity index (χ3v) is 3.25. The van der Waals surface area contributed by atoms with Crippen molar-refractivity contribution in [1.82, 2.24) is 4.90 Å². The molecule has 0 bridgehead atoms. The number of nitro benzene ring substituents is 1. The van der Waals surface area contributed by atoms with Crippen molar-refractivity contribution in [3.8, 4) is 5.75 Å². The lowest BCUT2D eigenvalue weighted by Crippen LogP contribution is -2.36. The summed E-state index contributed by atoms with van der Waals surface area (Å²) < 4.78 is 54.8. The molecule has 1 saturated heterocycles. The molecule has 11 heteroatoms. The molecule has 1 aromatic carbocycles. The number of nitro groups is 1. The largest absolute Gasteiger partial charge is 0.419 e. The molecule has 0 radical (unpaired) electrons. The summed E-state index contributed by atoms with van der Waals surface area (Å²) in [5.74, 6) is -4.82. The minimum absolute atomic E-state index is 0.450. The smallest absolute Gasteiger partial charge is 0.406 e. The number of hydrogen-bond donors (Lipinski definition) is 0. The molecule has 1 aliphatic heterocycles. The molecule has 1 heterocycles. The lowest BCUT2D eigenvalue weighted by Gasteiger charge is -2.18. The molecule has 0 saturated carbocycles. The number of ether oxygens (including phenoxy) is 1. The summed E-state index contributed by atoms with van der Waals surface area (Å²) in [5.41, 5.74) is -0.679. The second-order valence-electron chi connectivity index (χ2n) is 5.08. The third kappa shape index (κ3) is 4.18. The highest BCUT2D eigenvalue weighted by atomic mass is 19.4. The van der Waals surface area contributed by atoms with Crippen LogP contribution in [-0.4, -0.2) is 41.0 Å². The van der Waals surface area contributed by atoms with Gasteiger partial charge in [-0.1, -0.05) is 0 Å². The van der Waals surface area contributed by atoms with Gasteiger partial charge in [0.25, 0.3) is 0 Å². The molecular formula is C13H10F4N2O5. The predicted octanol–water partition coefficient (Wildman–Crippen LogP) is 2.05. The average molecular weight is 350 g/mol. The van der Waals surface area contributed by atoms with E-state index < -0.39 is 65.7 Å². The molecule has 24 heavy (non-hydrogen) atoms. The van der Waals surface area contributed by atoms with E-state index >= 15 is 0 Å². The van der Waals surface area contributed by atoms with Gasteiger partial charge in [0.05, 0.1) is 10.8 Å². The highest BCUT2D eigenvalue weighted by Crippen LogP contribution is 2.30. The Morgan fingerprint density at radius 3 is 2.67 bits per heavy atom. The van der Waals surface area contributed by atoms with Crippen molar-refractivity contribution in [1.29, 1.82) is 0 Å². The summed E-state index contributed by atoms with van der Waals surface area (Å²) in [6, 6.07) is 2.19. The monoisotopic (exact) mass is 350 g/mol. The van der Waals surface area contributed by atoms with Crippen LogP contribution in [0.5, 0.6) is 5.75 Å². The number of nitrogens with zero attached hydrogens (tertiary/aromatic N) is 2. The summed E-state index contributed by atoms with van der Waals surface area (Å²) in [4.78, 5) is 33.8. The van der Waals surface area contributed by atoms with Crippen molar-refractivity contribution < 1.29 is 36.8 Å². The van der Waals surface area contributed by atoms with Gasteiger partial charge in [0.15, 0.2) is 0 Å². The Hall–Kier alpha value is -2.72. The fourth-order valence-electron chi connectivity index (χ4n) is 2.21. The molecule has 1 fully saturated rings. The van der Waals surface area contributed by atoms with Crippen LogP contribution in [0.15, 0.2) is 18.2 Å². The van der Waals surface area contributed by atoms with Gasteiger partial charge in [-0.15, -0.1) is 0 Å². The summed E-state index contributed by atoms with van der Waals surface area (Å²) in [5, 5.41) is 10.8. The predicted molar refractivity (Wildman–Crippen MR) is 69.4 cm³/mol. The highest BCUT2D eigenvalue weighted by molar-refractivity contribution is 5.88. The first-order valence-electron chi connectivity index (χ1n) is 6.57. The van der Waals surface area contributed by atoms with Gasteiger partial charge in [-0.25, -0.2) is 4.39 Å². The highest BCUT2D eigenvalue weighted by Gasteiger charge is 2.41. The van der Waals surface area contributed by atoms with Crippen LogP contribution < -0.4 is 4.74 Å². The maximum atomic E-state index is 13.1. The number of halogens is 4. The van der Waals surface area contributed by atoms with Crippen LogP contribution in [0, 0.1) is 21.8 Å². The quantitative estimate of drug-likeness (QED) is 0.273. The minimum atomic E-state index is -4.62. The molecule has 2 rings (SSSR count). The number of likely N-dealkylation sites (tertiary alicyclic amines) is 1. The van der Waals surface area contributed by atoms with E-state index in [0.717, 1.165) is 12.1 Å². The van der Waals surface area contributed by atoms with Gasteiger partial charge in [0, 0.05) is 25.1 Å². The van der Waals surface area contributed by atoms with E-state index in [9.17, 15) is 37.3 Å². The number of rotatable bonds is 4. The molecule has 0 N–H and O–H groups in total. The topological polar surface area (TPSA) is 89.7 Å². The molecule has 0 aliphatic carbocycles. The molecule has 1 amide bonds. The SMILES string of the molecule is O=C(Oc1cc(F)ccc1[N+](=O)[O-])C1CC(=O)N(CC(F)(F)F)C1. The van der Waals surface area contributed by atoms with Crippen molar-refractivity contribution in [2.24, 2.45) is 5.92 Å². The van der Waals surface area contributed by atoms with Gasteiger partial charge >= 0.3 is 17.8 Å². The van der Waals surface area contributed by atoms with Crippen LogP contribution in [0.4, 0.5) is 23.2 Å². The van der Waals surface area contributed by atoms with E-state index in [1.54, 1.807) is 0 Å². The Balaban J connectivity index is 2.10. The zero-order chi connectivity index (χ0) is 18.1. The van der Waals surface area contributed by atoms with Gasteiger partial charge in [-0.05, 0) is 6.07 Å². The Morgan fingerprint density at radius 2 is 2.08 bits per heavy atom. The van der Waals surface area contributed by atoms with E-state index in [1.807, 2.05) is 0 Å². The second-order valence-corrected chi connectivity index (χ2v) is 5.08. The van der Waals surface area contributed by atoms with E-state index in [-0.39, 0.29) is 0 Å². The first-order chi connectivity index (χ1) is 11.1. The normalized spacial score (nSPS) is 17.9. The number of amides is 1. The fraction of sp³-hybridized carbons (Fsp3) is 0.385. The van der Waals surface area contributed by atoms with Crippen molar-refractivity contribution in [2.45, 2.75) is 12.6 Å². The summed E-state index contributed by atoms with van der Waals surface area (Å²) >= 11 is 0. The first kappa shape index (κ1) is 17.6. The molecule has 130 valence electrons. The van der Waals surface area contributed by atoms with E-state index in [4.69, 9.17) is 4.74 Å². The van der Waals surface area contributed by atoms with Crippen molar-refractivity contribution in [3.63, 3.8) is 0 Å². The number of esters is 1. The molecule has 1 aromatic rings. The first-order valence-corrected chi connectivity index (χ1v) is 6.57. The maximum absolute atomic E-state index is 13.1. The van der Waals surface area contributed by atoms with Gasteiger partial charge in [0.1, 0.15) is 12.4 Å². The van der Waals surface area contributed by atoms with Crippen LogP contribution in [0.2, 0.25) is 0 Å². The standard InChI is InChI=1S/C13H10F4N2O5/c14-8-1-2-9(19(22)23)10(4-8)24-12(21)7-3-11(20)18(5-7)6-13(15,16)17/h1-2,4,7H,3,5-6H2. The molecule has 0 spiro atoms. The molecule has 1 unspecified atom stereocenters. The van der Waals surface area contributed by atoms with Crippen molar-refractivity contribution >= 4 is 17.6 Å². The van der Waals surface area contributed by atoms with Crippen LogP contribution in [0.3, 0.4) is 0 Å². The minimum Gasteiger partial charge on any atom is -0.419 e. The number of benzene rings is 1. The zero-order valence-electron chi connectivity index (χ0n) is 11.9. The summed E-state index contributed by atoms with van der Waals surface area (Å²) in [6.45, 7) is -2.03. The van der Waals surface area contributed by atoms with Crippen LogP contribution in [0.1, 0.15) is 6.42 Å². The number of hydrogen-bond acceptors (Lipinski definition) is 5. The Morgan fingerprint density at radius 1 is 1.42 bits per heavy atom. The van der Waals surface area contributed by atoms with Crippen LogP contribution in [-0.2, 0) is 9.59 Å². The zero-order valence-corrected chi connectivity index (χ0v) is 11.9. The maximum Gasteiger partial charge on any atom is 0.406 e. The molecule has 7 nitrogen and oxygen atoms in total. The average Bonchev–Trinajstić information content (AvgIpc) is 2.78. The van der Waals surface area contributed by atoms with E-state index in [0.29, 0.717) is 11.0 Å². The lowest BCUT2D eigenvalue weighted by atomic mass is 10.1. The summed E-state index contributed by atoms with van der Waals surface area (Å²) in [7, 11) is 0. The lowest BCUT2D eigenvalue weighted by molar-refractivity contribution is -0.385. The van der Waals surface area contributed by atoms with Gasteiger partial charge in [-0.3, -0.25) is 19.7 Å². The molecule has 0 aromatic heterocycles. The number of carbonyl (C=O) groups is 2. The molecular weight excluding hydrogens is 340 g/mol. The van der Waals surface area contributed by atoms with Crippen molar-refractivity contribution in [2.75, 3.05) is 13.1 Å². The number of carbonyl (C=O) groups excluding carboxylic acids is 2. The van der Waals surface area contributed by atoms with Crippen LogP contribution >= 0.6 is 0 Å².